The van der Waals surface area contributed by atoms with Gasteiger partial charge < -0.3 is 23.9 Å². The van der Waals surface area contributed by atoms with E-state index in [1.54, 1.807) is 0 Å². The predicted octanol–water partition coefficient (Wildman–Crippen LogP) is 3.69. The zero-order valence-electron chi connectivity index (χ0n) is 14.7. The summed E-state index contributed by atoms with van der Waals surface area (Å²) in [5, 5.41) is 9.50. The Hall–Kier alpha value is 0.230. The van der Waals surface area contributed by atoms with Crippen LogP contribution in [0.2, 0.25) is 0 Å². The highest BCUT2D eigenvalue weighted by Gasteiger charge is 2.07. The summed E-state index contributed by atoms with van der Waals surface area (Å²) >= 11 is 0. The number of aliphatic hydroxyl groups is 1. The van der Waals surface area contributed by atoms with E-state index in [9.17, 15) is 5.11 Å². The Bertz CT molecular complexity index is 228. The van der Waals surface area contributed by atoms with Crippen LogP contribution in [-0.2, 0) is 9.05 Å². The number of nitrogens with zero attached hydrogens (tertiary/aromatic N) is 1. The Morgan fingerprint density at radius 2 is 1.68 bits per heavy atom. The Balaban J connectivity index is 0.000000518. The van der Waals surface area contributed by atoms with Crippen LogP contribution in [0.15, 0.2) is 0 Å². The molecule has 2 unspecified atom stereocenters. The molecular formula is C16H36NO4P. The standard InChI is InChI=1S/C10H23O4P.C6H13N/c1-3-5-7-10(11)8-6-9-14-15(12)13-4-2;1-7-5-3-2-4-6-7/h10-12H,3-9H2,1-2H3;2-6H2,1H3. The molecule has 0 radical (unpaired) electrons. The molecule has 0 saturated carbocycles. The lowest BCUT2D eigenvalue weighted by Gasteiger charge is -2.20. The Labute approximate surface area is 138 Å². The minimum atomic E-state index is -1.70. The number of rotatable bonds is 10. The topological polar surface area (TPSA) is 62.2 Å². The van der Waals surface area contributed by atoms with Crippen LogP contribution in [0.5, 0.6) is 0 Å². The van der Waals surface area contributed by atoms with Gasteiger partial charge in [0, 0.05) is 0 Å². The molecule has 1 aliphatic rings. The van der Waals surface area contributed by atoms with Gasteiger partial charge in [-0.25, -0.2) is 0 Å². The third-order valence-corrected chi connectivity index (χ3v) is 4.48. The number of hydrogen-bond acceptors (Lipinski definition) is 5. The second kappa shape index (κ2) is 16.1. The van der Waals surface area contributed by atoms with Crippen LogP contribution in [0.25, 0.3) is 0 Å². The average molecular weight is 337 g/mol. The van der Waals surface area contributed by atoms with Gasteiger partial charge in [-0.3, -0.25) is 0 Å². The van der Waals surface area contributed by atoms with Gasteiger partial charge in [-0.05, 0) is 59.2 Å². The van der Waals surface area contributed by atoms with Crippen molar-refractivity contribution in [1.29, 1.82) is 0 Å². The van der Waals surface area contributed by atoms with Crippen molar-refractivity contribution in [2.75, 3.05) is 33.4 Å². The van der Waals surface area contributed by atoms with E-state index in [0.29, 0.717) is 13.2 Å². The maximum atomic E-state index is 9.50. The van der Waals surface area contributed by atoms with Crippen LogP contribution < -0.4 is 0 Å². The molecule has 2 N–H and O–H groups in total. The molecule has 1 fully saturated rings. The van der Waals surface area contributed by atoms with E-state index in [-0.39, 0.29) is 6.10 Å². The third-order valence-electron chi connectivity index (χ3n) is 3.59. The SMILES string of the molecule is CCCCC(O)CCCOP(O)OCC.CN1CCCCC1. The van der Waals surface area contributed by atoms with Gasteiger partial charge in [0.05, 0.1) is 19.3 Å². The monoisotopic (exact) mass is 337 g/mol. The van der Waals surface area contributed by atoms with Crippen molar-refractivity contribution in [2.24, 2.45) is 0 Å². The maximum Gasteiger partial charge on any atom is 0.329 e. The van der Waals surface area contributed by atoms with Crippen molar-refractivity contribution in [3.63, 3.8) is 0 Å². The number of likely N-dealkylation sites (tertiary alicyclic amines) is 1. The molecule has 0 aromatic carbocycles. The molecule has 134 valence electrons. The Kier molecular flexibility index (Phi) is 16.3. The molecule has 0 aromatic heterocycles. The summed E-state index contributed by atoms with van der Waals surface area (Å²) in [6.45, 7) is 7.47. The van der Waals surface area contributed by atoms with Crippen molar-refractivity contribution in [2.45, 2.75) is 71.3 Å². The highest BCUT2D eigenvalue weighted by molar-refractivity contribution is 7.40. The highest BCUT2D eigenvalue weighted by atomic mass is 31.2. The van der Waals surface area contributed by atoms with E-state index in [1.165, 1.54) is 32.4 Å². The van der Waals surface area contributed by atoms with Crippen molar-refractivity contribution >= 4 is 8.60 Å². The van der Waals surface area contributed by atoms with E-state index in [0.717, 1.165) is 32.1 Å². The highest BCUT2D eigenvalue weighted by Crippen LogP contribution is 2.32. The van der Waals surface area contributed by atoms with Gasteiger partial charge in [0.1, 0.15) is 0 Å². The van der Waals surface area contributed by atoms with E-state index in [1.807, 2.05) is 6.92 Å². The van der Waals surface area contributed by atoms with E-state index < -0.39 is 8.60 Å². The summed E-state index contributed by atoms with van der Waals surface area (Å²) in [5.74, 6) is 0. The van der Waals surface area contributed by atoms with Crippen LogP contribution >= 0.6 is 8.60 Å². The minimum absolute atomic E-state index is 0.231. The van der Waals surface area contributed by atoms with Gasteiger partial charge in [-0.1, -0.05) is 26.2 Å². The molecule has 2 atom stereocenters. The van der Waals surface area contributed by atoms with Gasteiger partial charge in [-0.2, -0.15) is 0 Å². The Morgan fingerprint density at radius 1 is 1.05 bits per heavy atom. The lowest BCUT2D eigenvalue weighted by Crippen LogP contribution is -2.24. The van der Waals surface area contributed by atoms with Crippen molar-refractivity contribution in [3.8, 4) is 0 Å². The molecular weight excluding hydrogens is 301 g/mol. The van der Waals surface area contributed by atoms with E-state index in [4.69, 9.17) is 13.9 Å². The molecule has 6 heteroatoms. The van der Waals surface area contributed by atoms with Gasteiger partial charge in [-0.15, -0.1) is 0 Å². The predicted molar refractivity (Wildman–Crippen MR) is 92.8 cm³/mol. The summed E-state index contributed by atoms with van der Waals surface area (Å²) in [7, 11) is 0.489. The lowest BCUT2D eigenvalue weighted by atomic mass is 10.1. The van der Waals surface area contributed by atoms with Gasteiger partial charge in [0.15, 0.2) is 0 Å². The number of piperidine rings is 1. The first-order chi connectivity index (χ1) is 10.6. The summed E-state index contributed by atoms with van der Waals surface area (Å²) in [6, 6.07) is 0. The fourth-order valence-electron chi connectivity index (χ4n) is 2.25. The number of unbranched alkanes of at least 4 members (excludes halogenated alkanes) is 1. The molecule has 1 heterocycles. The number of aliphatic hydroxyl groups excluding tert-OH is 1. The van der Waals surface area contributed by atoms with Crippen molar-refractivity contribution < 1.29 is 19.0 Å². The molecule has 0 spiro atoms. The van der Waals surface area contributed by atoms with Gasteiger partial charge in [0.2, 0.25) is 0 Å². The zero-order valence-corrected chi connectivity index (χ0v) is 15.6. The smallest absolute Gasteiger partial charge is 0.329 e. The van der Waals surface area contributed by atoms with Gasteiger partial charge >= 0.3 is 8.60 Å². The third kappa shape index (κ3) is 15.1. The molecule has 22 heavy (non-hydrogen) atoms. The largest absolute Gasteiger partial charge is 0.393 e. The van der Waals surface area contributed by atoms with Gasteiger partial charge in [0.25, 0.3) is 0 Å². The first-order valence-electron chi connectivity index (χ1n) is 8.71. The maximum absolute atomic E-state index is 9.50. The molecule has 1 rings (SSSR count). The summed E-state index contributed by atoms with van der Waals surface area (Å²) in [5.41, 5.74) is 0. The molecule has 1 aliphatic heterocycles. The molecule has 1 saturated heterocycles. The van der Waals surface area contributed by atoms with E-state index in [2.05, 4.69) is 18.9 Å². The van der Waals surface area contributed by atoms with Crippen molar-refractivity contribution in [3.05, 3.63) is 0 Å². The van der Waals surface area contributed by atoms with E-state index >= 15 is 0 Å². The average Bonchev–Trinajstić information content (AvgIpc) is 2.51. The molecule has 0 bridgehead atoms. The fourth-order valence-corrected chi connectivity index (χ4v) is 2.83. The molecule has 0 amide bonds. The van der Waals surface area contributed by atoms with Crippen LogP contribution in [0.4, 0.5) is 0 Å². The Morgan fingerprint density at radius 3 is 2.18 bits per heavy atom. The summed E-state index contributed by atoms with van der Waals surface area (Å²) in [6.07, 6.45) is 8.57. The minimum Gasteiger partial charge on any atom is -0.393 e. The number of hydrogen-bond donors (Lipinski definition) is 2. The zero-order chi connectivity index (χ0) is 16.6. The normalized spacial score (nSPS) is 18.4. The second-order valence-corrected chi connectivity index (χ2v) is 6.78. The quantitative estimate of drug-likeness (QED) is 0.470. The first kappa shape index (κ1) is 22.2. The van der Waals surface area contributed by atoms with Crippen molar-refractivity contribution in [1.82, 2.24) is 4.90 Å². The second-order valence-electron chi connectivity index (χ2n) is 5.79. The van der Waals surface area contributed by atoms with Crippen LogP contribution in [0.3, 0.4) is 0 Å². The molecule has 5 nitrogen and oxygen atoms in total. The van der Waals surface area contributed by atoms with Crippen LogP contribution in [0, 0.1) is 0 Å². The summed E-state index contributed by atoms with van der Waals surface area (Å²) < 4.78 is 9.87. The molecule has 0 aromatic rings. The lowest BCUT2D eigenvalue weighted by molar-refractivity contribution is 0.135. The van der Waals surface area contributed by atoms with Crippen LogP contribution in [-0.4, -0.2) is 54.4 Å². The summed E-state index contributed by atoms with van der Waals surface area (Å²) in [4.78, 5) is 11.5. The first-order valence-corrected chi connectivity index (χ1v) is 9.84. The van der Waals surface area contributed by atoms with Crippen LogP contribution in [0.1, 0.15) is 65.2 Å². The molecule has 0 aliphatic carbocycles. The fraction of sp³-hybridized carbons (Fsp3) is 1.00.